The van der Waals surface area contributed by atoms with Gasteiger partial charge < -0.3 is 14.4 Å². The fourth-order valence-electron chi connectivity index (χ4n) is 1.74. The third-order valence-electron chi connectivity index (χ3n) is 2.51. The minimum absolute atomic E-state index is 0.248. The lowest BCUT2D eigenvalue weighted by Crippen LogP contribution is -2.00. The van der Waals surface area contributed by atoms with E-state index in [1.165, 1.54) is 0 Å². The van der Waals surface area contributed by atoms with Crippen LogP contribution in [0.1, 0.15) is 17.3 Å². The number of carboxylic acid groups (broad SMARTS) is 1. The zero-order valence-corrected chi connectivity index (χ0v) is 9.23. The first-order valence-electron chi connectivity index (χ1n) is 5.08. The first-order valence-corrected chi connectivity index (χ1v) is 5.08. The number of rotatable bonds is 3. The Morgan fingerprint density at radius 3 is 2.88 bits per heavy atom. The molecule has 1 aromatic heterocycles. The molecule has 4 nitrogen and oxygen atoms in total. The van der Waals surface area contributed by atoms with Gasteiger partial charge in [0.1, 0.15) is 5.75 Å². The zero-order valence-electron chi connectivity index (χ0n) is 9.23. The van der Waals surface area contributed by atoms with Gasteiger partial charge in [-0.2, -0.15) is 0 Å². The molecule has 84 valence electrons. The SMILES string of the molecule is CCOc1cc(C(=O)O)cc2c1ccn2C. The summed E-state index contributed by atoms with van der Waals surface area (Å²) in [7, 11) is 1.88. The van der Waals surface area contributed by atoms with Gasteiger partial charge in [0.25, 0.3) is 0 Å². The molecule has 0 fully saturated rings. The number of hydrogen-bond donors (Lipinski definition) is 1. The summed E-state index contributed by atoms with van der Waals surface area (Å²) in [4.78, 5) is 11.0. The molecular weight excluding hydrogens is 206 g/mol. The third-order valence-corrected chi connectivity index (χ3v) is 2.51. The van der Waals surface area contributed by atoms with E-state index in [1.807, 2.05) is 30.8 Å². The molecule has 0 spiro atoms. The Morgan fingerprint density at radius 2 is 2.25 bits per heavy atom. The van der Waals surface area contributed by atoms with Crippen LogP contribution in [0.25, 0.3) is 10.9 Å². The molecule has 0 unspecified atom stereocenters. The Morgan fingerprint density at radius 1 is 1.50 bits per heavy atom. The number of carbonyl (C=O) groups is 1. The van der Waals surface area contributed by atoms with Crippen LogP contribution >= 0.6 is 0 Å². The molecule has 2 aromatic rings. The van der Waals surface area contributed by atoms with Crippen LogP contribution in [-0.4, -0.2) is 22.2 Å². The fraction of sp³-hybridized carbons (Fsp3) is 0.250. The number of benzene rings is 1. The molecule has 4 heteroatoms. The summed E-state index contributed by atoms with van der Waals surface area (Å²) in [5.41, 5.74) is 1.11. The maximum atomic E-state index is 11.0. The molecule has 0 aliphatic heterocycles. The highest BCUT2D eigenvalue weighted by atomic mass is 16.5. The number of ether oxygens (including phenoxy) is 1. The number of aromatic nitrogens is 1. The van der Waals surface area contributed by atoms with Crippen molar-refractivity contribution < 1.29 is 14.6 Å². The predicted molar refractivity (Wildman–Crippen MR) is 61.0 cm³/mol. The minimum atomic E-state index is -0.941. The molecule has 0 bridgehead atoms. The fourth-order valence-corrected chi connectivity index (χ4v) is 1.74. The van der Waals surface area contributed by atoms with Crippen molar-refractivity contribution in [2.24, 2.45) is 7.05 Å². The molecule has 1 N–H and O–H groups in total. The largest absolute Gasteiger partial charge is 0.493 e. The smallest absolute Gasteiger partial charge is 0.335 e. The van der Waals surface area contributed by atoms with E-state index in [2.05, 4.69) is 0 Å². The quantitative estimate of drug-likeness (QED) is 0.861. The lowest BCUT2D eigenvalue weighted by atomic mass is 10.1. The Hall–Kier alpha value is -1.97. The summed E-state index contributed by atoms with van der Waals surface area (Å²) in [6, 6.07) is 5.14. The number of hydrogen-bond acceptors (Lipinski definition) is 2. The van der Waals surface area contributed by atoms with Crippen molar-refractivity contribution in [3.63, 3.8) is 0 Å². The van der Waals surface area contributed by atoms with Gasteiger partial charge >= 0.3 is 5.97 Å². The zero-order chi connectivity index (χ0) is 11.7. The van der Waals surface area contributed by atoms with Gasteiger partial charge in [-0.1, -0.05) is 0 Å². The van der Waals surface area contributed by atoms with Crippen LogP contribution in [-0.2, 0) is 7.05 Å². The second-order valence-corrected chi connectivity index (χ2v) is 3.57. The minimum Gasteiger partial charge on any atom is -0.493 e. The van der Waals surface area contributed by atoms with Crippen LogP contribution in [0.3, 0.4) is 0 Å². The second-order valence-electron chi connectivity index (χ2n) is 3.57. The first kappa shape index (κ1) is 10.5. The van der Waals surface area contributed by atoms with E-state index in [1.54, 1.807) is 12.1 Å². The number of nitrogens with zero attached hydrogens (tertiary/aromatic N) is 1. The van der Waals surface area contributed by atoms with Crippen molar-refractivity contribution in [2.45, 2.75) is 6.92 Å². The number of carboxylic acids is 1. The van der Waals surface area contributed by atoms with Crippen molar-refractivity contribution in [1.82, 2.24) is 4.57 Å². The van der Waals surface area contributed by atoms with Gasteiger partial charge in [0.15, 0.2) is 0 Å². The van der Waals surface area contributed by atoms with Crippen molar-refractivity contribution >= 4 is 16.9 Å². The van der Waals surface area contributed by atoms with E-state index in [-0.39, 0.29) is 5.56 Å². The molecule has 16 heavy (non-hydrogen) atoms. The molecule has 2 rings (SSSR count). The molecular formula is C12H13NO3. The highest BCUT2D eigenvalue weighted by molar-refractivity contribution is 5.96. The molecule has 1 heterocycles. The van der Waals surface area contributed by atoms with E-state index in [4.69, 9.17) is 9.84 Å². The topological polar surface area (TPSA) is 51.5 Å². The van der Waals surface area contributed by atoms with E-state index in [0.29, 0.717) is 12.4 Å². The molecule has 0 atom stereocenters. The molecule has 0 radical (unpaired) electrons. The molecule has 0 saturated carbocycles. The molecule has 1 aromatic carbocycles. The van der Waals surface area contributed by atoms with Crippen LogP contribution in [0.15, 0.2) is 24.4 Å². The Balaban J connectivity index is 2.70. The van der Waals surface area contributed by atoms with Crippen molar-refractivity contribution in [3.8, 4) is 5.75 Å². The first-order chi connectivity index (χ1) is 7.63. The highest BCUT2D eigenvalue weighted by Crippen LogP contribution is 2.28. The lowest BCUT2D eigenvalue weighted by molar-refractivity contribution is 0.0696. The van der Waals surface area contributed by atoms with E-state index in [9.17, 15) is 4.79 Å². The van der Waals surface area contributed by atoms with Crippen LogP contribution in [0.5, 0.6) is 5.75 Å². The van der Waals surface area contributed by atoms with Gasteiger partial charge in [0, 0.05) is 18.6 Å². The van der Waals surface area contributed by atoms with Gasteiger partial charge in [0.2, 0.25) is 0 Å². The molecule has 0 saturated heterocycles. The summed E-state index contributed by atoms with van der Waals surface area (Å²) < 4.78 is 7.33. The van der Waals surface area contributed by atoms with Gasteiger partial charge in [0.05, 0.1) is 17.7 Å². The summed E-state index contributed by atoms with van der Waals surface area (Å²) in [5.74, 6) is -0.318. The van der Waals surface area contributed by atoms with Crippen LogP contribution in [0, 0.1) is 0 Å². The van der Waals surface area contributed by atoms with Crippen LogP contribution in [0.2, 0.25) is 0 Å². The van der Waals surface area contributed by atoms with E-state index in [0.717, 1.165) is 10.9 Å². The molecule has 0 amide bonds. The van der Waals surface area contributed by atoms with Crippen molar-refractivity contribution in [1.29, 1.82) is 0 Å². The maximum Gasteiger partial charge on any atom is 0.335 e. The second kappa shape index (κ2) is 3.89. The standard InChI is InChI=1S/C12H13NO3/c1-3-16-11-7-8(12(14)15)6-10-9(11)4-5-13(10)2/h4-7H,3H2,1-2H3,(H,14,15). The Bertz CT molecular complexity index is 542. The van der Waals surface area contributed by atoms with E-state index >= 15 is 0 Å². The summed E-state index contributed by atoms with van der Waals surface area (Å²) >= 11 is 0. The number of aryl methyl sites for hydroxylation is 1. The highest BCUT2D eigenvalue weighted by Gasteiger charge is 2.11. The third kappa shape index (κ3) is 1.62. The Labute approximate surface area is 93.1 Å². The predicted octanol–water partition coefficient (Wildman–Crippen LogP) is 2.28. The maximum absolute atomic E-state index is 11.0. The Kier molecular flexibility index (Phi) is 2.56. The lowest BCUT2D eigenvalue weighted by Gasteiger charge is -2.07. The van der Waals surface area contributed by atoms with E-state index < -0.39 is 5.97 Å². The molecule has 0 aliphatic rings. The summed E-state index contributed by atoms with van der Waals surface area (Å²) in [6.45, 7) is 2.40. The van der Waals surface area contributed by atoms with Crippen LogP contribution in [0.4, 0.5) is 0 Å². The number of fused-ring (bicyclic) bond motifs is 1. The van der Waals surface area contributed by atoms with Gasteiger partial charge in [-0.3, -0.25) is 0 Å². The molecule has 0 aliphatic carbocycles. The summed E-state index contributed by atoms with van der Waals surface area (Å²) in [6.07, 6.45) is 1.89. The van der Waals surface area contributed by atoms with Gasteiger partial charge in [-0.15, -0.1) is 0 Å². The average Bonchev–Trinajstić information content (AvgIpc) is 2.61. The average molecular weight is 219 g/mol. The van der Waals surface area contributed by atoms with Crippen LogP contribution < -0.4 is 4.74 Å². The van der Waals surface area contributed by atoms with Gasteiger partial charge in [-0.05, 0) is 25.1 Å². The van der Waals surface area contributed by atoms with Gasteiger partial charge in [-0.25, -0.2) is 4.79 Å². The number of aromatic carboxylic acids is 1. The summed E-state index contributed by atoms with van der Waals surface area (Å²) in [5, 5.41) is 9.94. The normalized spacial score (nSPS) is 10.6. The van der Waals surface area contributed by atoms with Crippen molar-refractivity contribution in [2.75, 3.05) is 6.61 Å². The van der Waals surface area contributed by atoms with Crippen molar-refractivity contribution in [3.05, 3.63) is 30.0 Å². The monoisotopic (exact) mass is 219 g/mol.